The van der Waals surface area contributed by atoms with Crippen molar-refractivity contribution in [2.24, 2.45) is 5.92 Å². The molecule has 232 valence electrons. The van der Waals surface area contributed by atoms with Crippen LogP contribution in [-0.4, -0.2) is 9.13 Å². The lowest BCUT2D eigenvalue weighted by atomic mass is 9.82. The first-order valence-corrected chi connectivity index (χ1v) is 17.7. The lowest BCUT2D eigenvalue weighted by molar-refractivity contribution is 0.563. The smallest absolute Gasteiger partial charge is 0.0538 e. The van der Waals surface area contributed by atoms with Gasteiger partial charge in [0.25, 0.3) is 0 Å². The summed E-state index contributed by atoms with van der Waals surface area (Å²) in [5, 5.41) is 4.00. The molecular weight excluding hydrogens is 581 g/mol. The summed E-state index contributed by atoms with van der Waals surface area (Å²) in [5.74, 6) is 0.640. The molecule has 10 rings (SSSR count). The molecule has 0 amide bonds. The highest BCUT2D eigenvalue weighted by molar-refractivity contribution is 6.12. The van der Waals surface area contributed by atoms with Crippen molar-refractivity contribution in [1.82, 2.24) is 9.13 Å². The summed E-state index contributed by atoms with van der Waals surface area (Å²) >= 11 is 0. The van der Waals surface area contributed by atoms with Crippen molar-refractivity contribution < 1.29 is 0 Å². The van der Waals surface area contributed by atoms with E-state index >= 15 is 0 Å². The molecule has 2 heteroatoms. The van der Waals surface area contributed by atoms with E-state index in [2.05, 4.69) is 149 Å². The number of fused-ring (bicyclic) bond motifs is 7. The average molecular weight is 619 g/mol. The van der Waals surface area contributed by atoms with Gasteiger partial charge in [0.1, 0.15) is 0 Å². The van der Waals surface area contributed by atoms with Gasteiger partial charge in [-0.3, -0.25) is 0 Å². The molecule has 4 aliphatic carbocycles. The predicted octanol–water partition coefficient (Wildman–Crippen LogP) is 12.2. The Hall–Kier alpha value is -5.34. The van der Waals surface area contributed by atoms with Gasteiger partial charge in [-0.05, 0) is 121 Å². The number of hydrogen-bond donors (Lipinski definition) is 0. The van der Waals surface area contributed by atoms with E-state index in [0.717, 1.165) is 32.1 Å². The van der Waals surface area contributed by atoms with Crippen LogP contribution in [0.3, 0.4) is 0 Å². The molecule has 2 nitrogen and oxygen atoms in total. The van der Waals surface area contributed by atoms with Gasteiger partial charge < -0.3 is 9.13 Å². The first-order chi connectivity index (χ1) is 23.8. The lowest BCUT2D eigenvalue weighted by Crippen LogP contribution is -2.14. The fourth-order valence-corrected chi connectivity index (χ4v) is 8.80. The first-order valence-electron chi connectivity index (χ1n) is 17.7. The van der Waals surface area contributed by atoms with Crippen LogP contribution in [-0.2, 0) is 6.42 Å². The summed E-state index contributed by atoms with van der Waals surface area (Å²) in [5.41, 5.74) is 16.2. The summed E-state index contributed by atoms with van der Waals surface area (Å²) in [7, 11) is 0. The summed E-state index contributed by atoms with van der Waals surface area (Å²) in [4.78, 5) is 0. The zero-order chi connectivity index (χ0) is 31.6. The van der Waals surface area contributed by atoms with Crippen LogP contribution >= 0.6 is 0 Å². The van der Waals surface area contributed by atoms with E-state index in [9.17, 15) is 0 Å². The third-order valence-corrected chi connectivity index (χ3v) is 11.1. The van der Waals surface area contributed by atoms with Gasteiger partial charge >= 0.3 is 0 Å². The third-order valence-electron chi connectivity index (χ3n) is 11.1. The fraction of sp³-hybridized carbons (Fsp3) is 0.174. The molecule has 2 aromatic heterocycles. The van der Waals surface area contributed by atoms with E-state index < -0.39 is 0 Å². The minimum atomic E-state index is 0.640. The standard InChI is InChI=1S/C46H38N2/c1-2-11-31(12-3-1)34-15-10-16-37(27-34)47-43-19-8-6-17-39(43)41-29-35(22-25-45(41)47)36-23-26-46-42(30-36)40-18-7-9-20-44(40)48(46)38-24-21-32-13-4-5-14-33(32)28-38/h1-4,6-8,11-13,15,17-19,21-27,29-30,33H,5,9-10,14,16,20,28H2. The van der Waals surface area contributed by atoms with Crippen molar-refractivity contribution in [1.29, 1.82) is 0 Å². The number of allylic oxidation sites excluding steroid dienone is 11. The van der Waals surface area contributed by atoms with Crippen molar-refractivity contribution in [2.45, 2.75) is 44.9 Å². The molecule has 1 unspecified atom stereocenters. The normalized spacial score (nSPS) is 18.8. The Morgan fingerprint density at radius 1 is 0.562 bits per heavy atom. The summed E-state index contributed by atoms with van der Waals surface area (Å²) < 4.78 is 5.12. The second-order valence-corrected chi connectivity index (χ2v) is 13.9. The molecule has 0 radical (unpaired) electrons. The molecular formula is C46H38N2. The molecule has 4 aromatic carbocycles. The highest BCUT2D eigenvalue weighted by Crippen LogP contribution is 2.42. The van der Waals surface area contributed by atoms with Crippen molar-refractivity contribution in [3.63, 3.8) is 0 Å². The Balaban J connectivity index is 1.09. The first kappa shape index (κ1) is 27.7. The molecule has 0 aliphatic heterocycles. The van der Waals surface area contributed by atoms with Crippen LogP contribution < -0.4 is 0 Å². The molecule has 1 atom stereocenters. The molecule has 0 saturated carbocycles. The molecule has 0 saturated heterocycles. The third kappa shape index (κ3) is 4.39. The molecule has 0 N–H and O–H groups in total. The topological polar surface area (TPSA) is 9.86 Å². The predicted molar refractivity (Wildman–Crippen MR) is 204 cm³/mol. The number of para-hydroxylation sites is 1. The quantitative estimate of drug-likeness (QED) is 0.186. The highest BCUT2D eigenvalue weighted by atomic mass is 15.0. The van der Waals surface area contributed by atoms with Crippen molar-refractivity contribution in [2.75, 3.05) is 0 Å². The second kappa shape index (κ2) is 11.1. The minimum Gasteiger partial charge on any atom is -0.317 e. The number of hydrogen-bond acceptors (Lipinski definition) is 0. The van der Waals surface area contributed by atoms with Crippen LogP contribution in [0, 0.1) is 5.92 Å². The van der Waals surface area contributed by atoms with Crippen LogP contribution in [0.1, 0.15) is 55.3 Å². The summed E-state index contributed by atoms with van der Waals surface area (Å²) in [6.45, 7) is 0. The Labute approximate surface area is 282 Å². The van der Waals surface area contributed by atoms with Gasteiger partial charge in [-0.25, -0.2) is 0 Å². The number of benzene rings is 4. The van der Waals surface area contributed by atoms with Gasteiger partial charge in [-0.2, -0.15) is 0 Å². The van der Waals surface area contributed by atoms with E-state index in [1.54, 1.807) is 0 Å². The number of aromatic nitrogens is 2. The molecule has 2 heterocycles. The molecule has 0 spiro atoms. The summed E-state index contributed by atoms with van der Waals surface area (Å²) in [6.07, 6.45) is 26.8. The van der Waals surface area contributed by atoms with Gasteiger partial charge in [0.15, 0.2) is 0 Å². The molecule has 4 aliphatic rings. The summed E-state index contributed by atoms with van der Waals surface area (Å²) in [6, 6.07) is 34.0. The minimum absolute atomic E-state index is 0.640. The Kier molecular flexibility index (Phi) is 6.43. The van der Waals surface area contributed by atoms with Crippen LogP contribution in [0.25, 0.3) is 66.9 Å². The molecule has 0 bridgehead atoms. The van der Waals surface area contributed by atoms with Crippen LogP contribution in [0.5, 0.6) is 0 Å². The Morgan fingerprint density at radius 3 is 2.23 bits per heavy atom. The maximum absolute atomic E-state index is 2.61. The van der Waals surface area contributed by atoms with Gasteiger partial charge in [0, 0.05) is 38.8 Å². The number of nitrogens with zero attached hydrogens (tertiary/aromatic N) is 2. The number of rotatable bonds is 4. The van der Waals surface area contributed by atoms with E-state index in [1.165, 1.54) is 96.0 Å². The maximum Gasteiger partial charge on any atom is 0.0538 e. The average Bonchev–Trinajstić information content (AvgIpc) is 3.67. The largest absolute Gasteiger partial charge is 0.317 e. The molecule has 0 fully saturated rings. The fourth-order valence-electron chi connectivity index (χ4n) is 8.80. The molecule has 6 aromatic rings. The Bertz CT molecular complexity index is 2470. The van der Waals surface area contributed by atoms with E-state index in [-0.39, 0.29) is 0 Å². The Morgan fingerprint density at radius 2 is 1.33 bits per heavy atom. The lowest BCUT2D eigenvalue weighted by Gasteiger charge is -2.27. The van der Waals surface area contributed by atoms with Crippen molar-refractivity contribution in [3.05, 3.63) is 156 Å². The van der Waals surface area contributed by atoms with Crippen molar-refractivity contribution in [3.8, 4) is 11.1 Å². The van der Waals surface area contributed by atoms with E-state index in [1.807, 2.05) is 0 Å². The van der Waals surface area contributed by atoms with Crippen LogP contribution in [0.15, 0.2) is 139 Å². The van der Waals surface area contributed by atoms with Gasteiger partial charge in [0.2, 0.25) is 0 Å². The van der Waals surface area contributed by atoms with Gasteiger partial charge in [0.05, 0.1) is 16.6 Å². The van der Waals surface area contributed by atoms with E-state index in [4.69, 9.17) is 0 Å². The van der Waals surface area contributed by atoms with Crippen molar-refractivity contribution >= 4 is 55.8 Å². The van der Waals surface area contributed by atoms with Gasteiger partial charge in [-0.15, -0.1) is 0 Å². The second-order valence-electron chi connectivity index (χ2n) is 13.9. The zero-order valence-electron chi connectivity index (χ0n) is 27.2. The van der Waals surface area contributed by atoms with E-state index in [0.29, 0.717) is 5.92 Å². The van der Waals surface area contributed by atoms with Crippen LogP contribution in [0.2, 0.25) is 0 Å². The maximum atomic E-state index is 2.61. The SMILES string of the molecule is C1=Cc2c(n(C3=CC=C4C=CCCC4C3)c3ccc(-c4ccc5c(c4)c4ccccc4n5C4=CC(c5ccccc5)=CCC4)cc23)CC1. The highest BCUT2D eigenvalue weighted by Gasteiger charge is 2.25. The van der Waals surface area contributed by atoms with Crippen LogP contribution in [0.4, 0.5) is 0 Å². The van der Waals surface area contributed by atoms with Gasteiger partial charge in [-0.1, -0.05) is 97.1 Å². The zero-order valence-corrected chi connectivity index (χ0v) is 27.2. The molecule has 48 heavy (non-hydrogen) atoms. The monoisotopic (exact) mass is 618 g/mol.